The lowest BCUT2D eigenvalue weighted by Gasteiger charge is -2.05. The minimum Gasteiger partial charge on any atom is -0.349 e. The quantitative estimate of drug-likeness (QED) is 0.806. The Balaban J connectivity index is 1.89. The number of aromatic nitrogens is 4. The first kappa shape index (κ1) is 13.8. The van der Waals surface area contributed by atoms with Crippen molar-refractivity contribution in [2.45, 2.75) is 27.3 Å². The first-order valence-electron chi connectivity index (χ1n) is 6.74. The summed E-state index contributed by atoms with van der Waals surface area (Å²) in [6.45, 7) is 6.53. The first-order valence-corrected chi connectivity index (χ1v) is 7.12. The zero-order valence-electron chi connectivity index (χ0n) is 12.2. The fourth-order valence-electron chi connectivity index (χ4n) is 2.21. The maximum Gasteiger partial charge on any atom is 0.254 e. The smallest absolute Gasteiger partial charge is 0.254 e. The Morgan fingerprint density at radius 3 is 2.67 bits per heavy atom. The fourth-order valence-corrected chi connectivity index (χ4v) is 2.34. The molecular weight excluding hydrogens is 286 g/mol. The number of halogens is 1. The average Bonchev–Trinajstić information content (AvgIpc) is 2.87. The first-order chi connectivity index (χ1) is 10.1. The summed E-state index contributed by atoms with van der Waals surface area (Å²) in [5.74, 6) is 1.11. The van der Waals surface area contributed by atoms with E-state index in [9.17, 15) is 0 Å². The van der Waals surface area contributed by atoms with Crippen LogP contribution in [0.15, 0.2) is 24.3 Å². The van der Waals surface area contributed by atoms with Crippen LogP contribution in [0.5, 0.6) is 0 Å². The Hall–Kier alpha value is -2.14. The average molecular weight is 302 g/mol. The number of hydrogen-bond donors (Lipinski definition) is 1. The summed E-state index contributed by atoms with van der Waals surface area (Å²) in [6, 6.07) is 8.22. The van der Waals surface area contributed by atoms with E-state index in [1.165, 1.54) is 11.1 Å². The van der Waals surface area contributed by atoms with Gasteiger partial charge in [-0.2, -0.15) is 9.50 Å². The summed E-state index contributed by atoms with van der Waals surface area (Å²) in [6.07, 6.45) is 0. The Morgan fingerprint density at radius 2 is 1.90 bits per heavy atom. The van der Waals surface area contributed by atoms with Crippen LogP contribution >= 0.6 is 11.6 Å². The molecule has 0 amide bonds. The van der Waals surface area contributed by atoms with Gasteiger partial charge in [-0.1, -0.05) is 35.9 Å². The molecule has 2 heterocycles. The van der Waals surface area contributed by atoms with E-state index in [1.807, 2.05) is 26.0 Å². The van der Waals surface area contributed by atoms with Gasteiger partial charge in [0.15, 0.2) is 0 Å². The highest BCUT2D eigenvalue weighted by Crippen LogP contribution is 2.19. The fraction of sp³-hybridized carbons (Fsp3) is 0.267. The van der Waals surface area contributed by atoms with Crippen molar-refractivity contribution in [1.29, 1.82) is 0 Å². The lowest BCUT2D eigenvalue weighted by atomic mass is 10.1. The number of anilines is 1. The molecule has 21 heavy (non-hydrogen) atoms. The van der Waals surface area contributed by atoms with E-state index in [2.05, 4.69) is 39.4 Å². The minimum absolute atomic E-state index is 0.551. The maximum atomic E-state index is 6.19. The molecule has 0 bridgehead atoms. The zero-order chi connectivity index (χ0) is 15.0. The van der Waals surface area contributed by atoms with Crippen LogP contribution in [0.2, 0.25) is 5.02 Å². The van der Waals surface area contributed by atoms with Crippen LogP contribution < -0.4 is 5.32 Å². The predicted molar refractivity (Wildman–Crippen MR) is 83.8 cm³/mol. The van der Waals surface area contributed by atoms with E-state index in [1.54, 1.807) is 4.52 Å². The third-order valence-electron chi connectivity index (χ3n) is 3.51. The van der Waals surface area contributed by atoms with Crippen LogP contribution in [-0.2, 0) is 6.54 Å². The molecule has 1 aromatic carbocycles. The zero-order valence-corrected chi connectivity index (χ0v) is 12.9. The molecule has 5 nitrogen and oxygen atoms in total. The van der Waals surface area contributed by atoms with E-state index in [0.29, 0.717) is 23.3 Å². The van der Waals surface area contributed by atoms with Crippen molar-refractivity contribution < 1.29 is 0 Å². The number of fused-ring (bicyclic) bond motifs is 1. The number of hydrogen-bond acceptors (Lipinski definition) is 4. The third-order valence-corrected chi connectivity index (χ3v) is 4.06. The van der Waals surface area contributed by atoms with Crippen LogP contribution in [0.4, 0.5) is 5.95 Å². The van der Waals surface area contributed by atoms with Crippen molar-refractivity contribution in [1.82, 2.24) is 19.6 Å². The van der Waals surface area contributed by atoms with Crippen LogP contribution in [-0.4, -0.2) is 19.6 Å². The van der Waals surface area contributed by atoms with Gasteiger partial charge in [0, 0.05) is 6.54 Å². The summed E-state index contributed by atoms with van der Waals surface area (Å²) >= 11 is 6.19. The Morgan fingerprint density at radius 1 is 1.14 bits per heavy atom. The lowest BCUT2D eigenvalue weighted by Crippen LogP contribution is -2.03. The van der Waals surface area contributed by atoms with Crippen LogP contribution in [0.25, 0.3) is 5.78 Å². The van der Waals surface area contributed by atoms with E-state index in [-0.39, 0.29) is 0 Å². The summed E-state index contributed by atoms with van der Waals surface area (Å²) < 4.78 is 1.66. The second-order valence-electron chi connectivity index (χ2n) is 5.02. The van der Waals surface area contributed by atoms with Crippen LogP contribution in [0.1, 0.15) is 22.5 Å². The summed E-state index contributed by atoms with van der Waals surface area (Å²) in [4.78, 5) is 8.74. The molecule has 6 heteroatoms. The molecule has 0 fully saturated rings. The summed E-state index contributed by atoms with van der Waals surface area (Å²) in [7, 11) is 0. The van der Waals surface area contributed by atoms with Gasteiger partial charge in [0.2, 0.25) is 5.95 Å². The molecule has 0 atom stereocenters. The monoisotopic (exact) mass is 301 g/mol. The van der Waals surface area contributed by atoms with Gasteiger partial charge in [0.25, 0.3) is 5.78 Å². The Labute approximate surface area is 128 Å². The number of rotatable bonds is 3. The van der Waals surface area contributed by atoms with Crippen molar-refractivity contribution in [3.05, 3.63) is 51.8 Å². The van der Waals surface area contributed by atoms with Gasteiger partial charge < -0.3 is 5.32 Å². The second-order valence-corrected chi connectivity index (χ2v) is 5.40. The molecule has 0 spiro atoms. The van der Waals surface area contributed by atoms with E-state index in [4.69, 9.17) is 11.6 Å². The molecule has 108 valence electrons. The van der Waals surface area contributed by atoms with Crippen molar-refractivity contribution in [2.75, 3.05) is 5.32 Å². The van der Waals surface area contributed by atoms with Crippen molar-refractivity contribution in [3.63, 3.8) is 0 Å². The maximum absolute atomic E-state index is 6.19. The van der Waals surface area contributed by atoms with E-state index < -0.39 is 0 Å². The van der Waals surface area contributed by atoms with Crippen molar-refractivity contribution >= 4 is 23.3 Å². The molecule has 0 unspecified atom stereocenters. The molecular formula is C15H16ClN5. The number of nitrogens with one attached hydrogen (secondary N) is 1. The molecule has 0 aliphatic rings. The Kier molecular flexibility index (Phi) is 3.51. The SMILES string of the molecule is Cc1ccccc1CNc1nc2nc(C)c(Cl)c(C)n2n1. The molecule has 0 saturated carbocycles. The van der Waals surface area contributed by atoms with Gasteiger partial charge >= 0.3 is 0 Å². The standard InChI is InChI=1S/C15H16ClN5/c1-9-6-4-5-7-12(9)8-17-14-19-15-18-10(2)13(16)11(3)21(15)20-14/h4-7H,8H2,1-3H3,(H,17,20). The molecule has 2 aromatic heterocycles. The minimum atomic E-state index is 0.551. The highest BCUT2D eigenvalue weighted by molar-refractivity contribution is 6.31. The third kappa shape index (κ3) is 2.56. The van der Waals surface area contributed by atoms with Gasteiger partial charge in [-0.3, -0.25) is 0 Å². The van der Waals surface area contributed by atoms with Crippen LogP contribution in [0.3, 0.4) is 0 Å². The lowest BCUT2D eigenvalue weighted by molar-refractivity contribution is 0.882. The summed E-state index contributed by atoms with van der Waals surface area (Å²) in [5, 5.41) is 8.26. The van der Waals surface area contributed by atoms with E-state index >= 15 is 0 Å². The van der Waals surface area contributed by atoms with Crippen LogP contribution in [0, 0.1) is 20.8 Å². The molecule has 3 aromatic rings. The normalized spacial score (nSPS) is 11.0. The Bertz CT molecular complexity index is 809. The van der Waals surface area contributed by atoms with Gasteiger partial charge in [0.1, 0.15) is 0 Å². The molecule has 0 aliphatic heterocycles. The number of nitrogens with zero attached hydrogens (tertiary/aromatic N) is 4. The van der Waals surface area contributed by atoms with Gasteiger partial charge in [0.05, 0.1) is 16.4 Å². The molecule has 1 N–H and O–H groups in total. The highest BCUT2D eigenvalue weighted by atomic mass is 35.5. The highest BCUT2D eigenvalue weighted by Gasteiger charge is 2.11. The topological polar surface area (TPSA) is 55.1 Å². The van der Waals surface area contributed by atoms with Crippen molar-refractivity contribution in [3.8, 4) is 0 Å². The van der Waals surface area contributed by atoms with E-state index in [0.717, 1.165) is 11.4 Å². The van der Waals surface area contributed by atoms with Gasteiger partial charge in [-0.05, 0) is 31.9 Å². The molecule has 0 saturated heterocycles. The predicted octanol–water partition coefficient (Wildman–Crippen LogP) is 3.32. The largest absolute Gasteiger partial charge is 0.349 e. The molecule has 3 rings (SSSR count). The number of aryl methyl sites for hydroxylation is 3. The molecule has 0 radical (unpaired) electrons. The summed E-state index contributed by atoms with van der Waals surface area (Å²) in [5.41, 5.74) is 4.06. The number of benzene rings is 1. The van der Waals surface area contributed by atoms with Gasteiger partial charge in [-0.25, -0.2) is 4.98 Å². The van der Waals surface area contributed by atoms with Gasteiger partial charge in [-0.15, -0.1) is 5.10 Å². The molecule has 0 aliphatic carbocycles. The second kappa shape index (κ2) is 5.33. The van der Waals surface area contributed by atoms with Crippen molar-refractivity contribution in [2.24, 2.45) is 0 Å².